The predicted molar refractivity (Wildman–Crippen MR) is 89.9 cm³/mol. The number of amides is 1. The first kappa shape index (κ1) is 18.1. The molecule has 0 aliphatic rings. The Morgan fingerprint density at radius 2 is 1.78 bits per heavy atom. The number of anilines is 1. The van der Waals surface area contributed by atoms with Crippen molar-refractivity contribution >= 4 is 17.7 Å². The van der Waals surface area contributed by atoms with Crippen LogP contribution in [0.2, 0.25) is 0 Å². The van der Waals surface area contributed by atoms with Crippen molar-refractivity contribution in [2.75, 3.05) is 5.32 Å². The van der Waals surface area contributed by atoms with E-state index in [-0.39, 0.29) is 11.7 Å². The molecule has 3 aromatic rings. The molecule has 1 heterocycles. The minimum absolute atomic E-state index is 0.327. The third kappa shape index (κ3) is 5.39. The highest BCUT2D eigenvalue weighted by Gasteiger charge is 2.30. The van der Waals surface area contributed by atoms with Gasteiger partial charge in [0.2, 0.25) is 5.91 Å². The summed E-state index contributed by atoms with van der Waals surface area (Å²) in [6.45, 7) is 0. The lowest BCUT2D eigenvalue weighted by Crippen LogP contribution is -2.16. The Balaban J connectivity index is 1.57. The molecular formula is C17H12F3N5O2. The zero-order valence-electron chi connectivity index (χ0n) is 13.6. The second-order valence-corrected chi connectivity index (χ2v) is 5.24. The molecule has 7 nitrogen and oxygen atoms in total. The van der Waals surface area contributed by atoms with Crippen molar-refractivity contribution in [3.63, 3.8) is 0 Å². The fourth-order valence-electron chi connectivity index (χ4n) is 2.11. The van der Waals surface area contributed by atoms with Gasteiger partial charge < -0.3 is 10.1 Å². The van der Waals surface area contributed by atoms with Crippen LogP contribution in [0.3, 0.4) is 0 Å². The number of rotatable bonds is 5. The molecule has 0 atom stereocenters. The number of nitrogens with zero attached hydrogens (tertiary/aromatic N) is 4. The van der Waals surface area contributed by atoms with Gasteiger partial charge in [-0.3, -0.25) is 4.79 Å². The normalized spacial score (nSPS) is 11.5. The summed E-state index contributed by atoms with van der Waals surface area (Å²) in [5.74, 6) is -0.715. The third-order valence-electron chi connectivity index (χ3n) is 3.29. The van der Waals surface area contributed by atoms with Gasteiger partial charge in [0.05, 0.1) is 5.69 Å². The minimum atomic E-state index is -4.74. The first-order valence-corrected chi connectivity index (χ1v) is 7.57. The molecule has 0 fully saturated rings. The van der Waals surface area contributed by atoms with E-state index in [2.05, 4.69) is 25.6 Å². The van der Waals surface area contributed by atoms with Crippen LogP contribution >= 0.6 is 0 Å². The number of alkyl halides is 3. The van der Waals surface area contributed by atoms with Crippen LogP contribution in [0.4, 0.5) is 18.9 Å². The number of tetrazole rings is 1. The molecule has 0 aliphatic heterocycles. The quantitative estimate of drug-likeness (QED) is 0.693. The average Bonchev–Trinajstić information content (AvgIpc) is 3.15. The summed E-state index contributed by atoms with van der Waals surface area (Å²) in [7, 11) is 0. The van der Waals surface area contributed by atoms with Gasteiger partial charge in [0.1, 0.15) is 12.1 Å². The number of hydrogen-bond donors (Lipinski definition) is 1. The number of hydrogen-bond acceptors (Lipinski definition) is 5. The maximum absolute atomic E-state index is 12.1. The summed E-state index contributed by atoms with van der Waals surface area (Å²) in [4.78, 5) is 11.9. The highest BCUT2D eigenvalue weighted by atomic mass is 19.4. The molecule has 0 aliphatic carbocycles. The van der Waals surface area contributed by atoms with Crippen LogP contribution in [-0.2, 0) is 4.79 Å². The number of carbonyl (C=O) groups excluding carboxylic acids is 1. The summed E-state index contributed by atoms with van der Waals surface area (Å²) >= 11 is 0. The van der Waals surface area contributed by atoms with E-state index in [9.17, 15) is 18.0 Å². The Bertz CT molecular complexity index is 921. The Kier molecular flexibility index (Phi) is 5.15. The Morgan fingerprint density at radius 1 is 1.07 bits per heavy atom. The lowest BCUT2D eigenvalue weighted by atomic mass is 10.2. The van der Waals surface area contributed by atoms with Crippen molar-refractivity contribution in [3.8, 4) is 11.4 Å². The zero-order valence-corrected chi connectivity index (χ0v) is 13.6. The van der Waals surface area contributed by atoms with E-state index in [1.807, 2.05) is 0 Å². The van der Waals surface area contributed by atoms with E-state index in [0.29, 0.717) is 11.3 Å². The van der Waals surface area contributed by atoms with E-state index >= 15 is 0 Å². The lowest BCUT2D eigenvalue weighted by molar-refractivity contribution is -0.274. The van der Waals surface area contributed by atoms with Gasteiger partial charge in [-0.2, -0.15) is 0 Å². The fraction of sp³-hybridized carbons (Fsp3) is 0.0588. The summed E-state index contributed by atoms with van der Waals surface area (Å²) in [5.41, 5.74) is 1.85. The van der Waals surface area contributed by atoms with Crippen molar-refractivity contribution in [2.45, 2.75) is 6.36 Å². The van der Waals surface area contributed by atoms with Gasteiger partial charge in [0.15, 0.2) is 0 Å². The van der Waals surface area contributed by atoms with E-state index in [4.69, 9.17) is 0 Å². The topological polar surface area (TPSA) is 81.9 Å². The smallest absolute Gasteiger partial charge is 0.406 e. The molecule has 1 N–H and O–H groups in total. The average molecular weight is 375 g/mol. The number of nitrogens with one attached hydrogen (secondary N) is 1. The van der Waals surface area contributed by atoms with Gasteiger partial charge in [-0.05, 0) is 58.5 Å². The molecule has 0 saturated carbocycles. The van der Waals surface area contributed by atoms with Crippen molar-refractivity contribution < 1.29 is 22.7 Å². The van der Waals surface area contributed by atoms with Crippen LogP contribution in [0, 0.1) is 0 Å². The molecule has 1 amide bonds. The van der Waals surface area contributed by atoms with Crippen molar-refractivity contribution in [3.05, 3.63) is 66.5 Å². The van der Waals surface area contributed by atoms with Gasteiger partial charge in [-0.1, -0.05) is 12.1 Å². The fourth-order valence-corrected chi connectivity index (χ4v) is 2.11. The number of benzene rings is 2. The molecule has 0 radical (unpaired) electrons. The third-order valence-corrected chi connectivity index (χ3v) is 3.29. The largest absolute Gasteiger partial charge is 0.573 e. The molecule has 27 heavy (non-hydrogen) atoms. The highest BCUT2D eigenvalue weighted by molar-refractivity contribution is 6.01. The van der Waals surface area contributed by atoms with Crippen LogP contribution in [0.25, 0.3) is 11.8 Å². The molecule has 10 heteroatoms. The molecule has 0 unspecified atom stereocenters. The second-order valence-electron chi connectivity index (χ2n) is 5.24. The van der Waals surface area contributed by atoms with Crippen LogP contribution in [-0.4, -0.2) is 32.5 Å². The summed E-state index contributed by atoms with van der Waals surface area (Å²) in [6, 6.07) is 12.0. The molecule has 3 rings (SSSR count). The van der Waals surface area contributed by atoms with E-state index in [1.165, 1.54) is 47.4 Å². The summed E-state index contributed by atoms with van der Waals surface area (Å²) in [6.07, 6.45) is -0.546. The van der Waals surface area contributed by atoms with Crippen molar-refractivity contribution in [1.29, 1.82) is 0 Å². The lowest BCUT2D eigenvalue weighted by Gasteiger charge is -2.08. The standard InChI is InChI=1S/C17H12F3N5O2/c18-17(19,20)27-15-8-1-12(2-9-15)3-10-16(26)22-13-4-6-14(7-5-13)25-11-21-23-24-25/h1-11H,(H,22,26). The van der Waals surface area contributed by atoms with Gasteiger partial charge >= 0.3 is 6.36 Å². The second kappa shape index (κ2) is 7.68. The van der Waals surface area contributed by atoms with Gasteiger partial charge in [-0.25, -0.2) is 4.68 Å². The van der Waals surface area contributed by atoms with Crippen molar-refractivity contribution in [2.24, 2.45) is 0 Å². The van der Waals surface area contributed by atoms with Gasteiger partial charge in [-0.15, -0.1) is 18.3 Å². The van der Waals surface area contributed by atoms with Crippen LogP contribution in [0.15, 0.2) is 60.9 Å². The summed E-state index contributed by atoms with van der Waals surface area (Å²) < 4.78 is 41.6. The Hall–Kier alpha value is -3.69. The first-order chi connectivity index (χ1) is 12.9. The number of ether oxygens (including phenoxy) is 1. The maximum Gasteiger partial charge on any atom is 0.573 e. The molecule has 1 aromatic heterocycles. The van der Waals surface area contributed by atoms with Gasteiger partial charge in [0.25, 0.3) is 0 Å². The van der Waals surface area contributed by atoms with Crippen LogP contribution in [0.5, 0.6) is 5.75 Å². The predicted octanol–water partition coefficient (Wildman–Crippen LogP) is 3.21. The highest BCUT2D eigenvalue weighted by Crippen LogP contribution is 2.23. The van der Waals surface area contributed by atoms with Crippen molar-refractivity contribution in [1.82, 2.24) is 20.2 Å². The maximum atomic E-state index is 12.1. The summed E-state index contributed by atoms with van der Waals surface area (Å²) in [5, 5.41) is 13.5. The number of halogens is 3. The molecular weight excluding hydrogens is 363 g/mol. The Labute approximate surface area is 151 Å². The van der Waals surface area contributed by atoms with E-state index in [1.54, 1.807) is 24.3 Å². The molecule has 0 bridgehead atoms. The molecule has 0 spiro atoms. The van der Waals surface area contributed by atoms with E-state index in [0.717, 1.165) is 5.69 Å². The minimum Gasteiger partial charge on any atom is -0.406 e. The zero-order chi connectivity index (χ0) is 19.3. The van der Waals surface area contributed by atoms with E-state index < -0.39 is 6.36 Å². The SMILES string of the molecule is O=C(C=Cc1ccc(OC(F)(F)F)cc1)Nc1ccc(-n2cnnn2)cc1. The number of carbonyl (C=O) groups is 1. The van der Waals surface area contributed by atoms with Gasteiger partial charge in [0, 0.05) is 11.8 Å². The Morgan fingerprint density at radius 3 is 2.37 bits per heavy atom. The molecule has 138 valence electrons. The molecule has 2 aromatic carbocycles. The van der Waals surface area contributed by atoms with Crippen LogP contribution < -0.4 is 10.1 Å². The molecule has 0 saturated heterocycles. The monoisotopic (exact) mass is 375 g/mol. The first-order valence-electron chi connectivity index (χ1n) is 7.57. The number of aromatic nitrogens is 4. The van der Waals surface area contributed by atoms with Crippen LogP contribution in [0.1, 0.15) is 5.56 Å².